The lowest BCUT2D eigenvalue weighted by atomic mass is 9.99. The average Bonchev–Trinajstić information content (AvgIpc) is 2.59. The molecule has 1 rings (SSSR count). The molecule has 0 aliphatic heterocycles. The Morgan fingerprint density at radius 2 is 1.70 bits per heavy atom. The van der Waals surface area contributed by atoms with Crippen LogP contribution in [0, 0.1) is 5.92 Å². The number of amides is 1. The largest absolute Gasteiger partial charge is 0.388 e. The third kappa shape index (κ3) is 7.43. The second-order valence-electron chi connectivity index (χ2n) is 8.95. The van der Waals surface area contributed by atoms with Gasteiger partial charge in [0.25, 0.3) is 5.91 Å². The van der Waals surface area contributed by atoms with E-state index in [-0.39, 0.29) is 18.1 Å². The van der Waals surface area contributed by atoms with Gasteiger partial charge in [-0.1, -0.05) is 19.1 Å². The minimum Gasteiger partial charge on any atom is -0.388 e. The van der Waals surface area contributed by atoms with E-state index in [0.717, 1.165) is 11.8 Å². The summed E-state index contributed by atoms with van der Waals surface area (Å²) in [4.78, 5) is 26.4. The van der Waals surface area contributed by atoms with E-state index in [9.17, 15) is 14.7 Å². The van der Waals surface area contributed by atoms with Crippen molar-refractivity contribution in [3.05, 3.63) is 35.4 Å². The van der Waals surface area contributed by atoms with Crippen molar-refractivity contribution in [3.8, 4) is 0 Å². The van der Waals surface area contributed by atoms with Crippen molar-refractivity contribution in [3.63, 3.8) is 0 Å². The molecular weight excluding hydrogens is 342 g/mol. The number of nitrogens with zero attached hydrogens (tertiary/aromatic N) is 1. The fraction of sp³-hybridized carbons (Fsp3) is 0.636. The zero-order valence-electron chi connectivity index (χ0n) is 17.8. The van der Waals surface area contributed by atoms with Gasteiger partial charge in [-0.25, -0.2) is 0 Å². The predicted molar refractivity (Wildman–Crippen MR) is 108 cm³/mol. The highest BCUT2D eigenvalue weighted by Gasteiger charge is 2.30. The molecule has 0 heterocycles. The van der Waals surface area contributed by atoms with E-state index in [1.165, 1.54) is 0 Å². The molecular formula is C22H35NO4. The molecule has 0 radical (unpaired) electrons. The number of rotatable bonds is 8. The van der Waals surface area contributed by atoms with Gasteiger partial charge in [-0.2, -0.15) is 0 Å². The van der Waals surface area contributed by atoms with Gasteiger partial charge in [0.15, 0.2) is 0 Å². The van der Waals surface area contributed by atoms with E-state index in [1.807, 2.05) is 48.5 Å². The molecule has 5 heteroatoms. The van der Waals surface area contributed by atoms with Crippen LogP contribution in [0.3, 0.4) is 0 Å². The second kappa shape index (κ2) is 9.47. The third-order valence-corrected chi connectivity index (χ3v) is 4.32. The molecule has 0 saturated heterocycles. The lowest BCUT2D eigenvalue weighted by Gasteiger charge is -2.37. The quantitative estimate of drug-likeness (QED) is 0.695. The van der Waals surface area contributed by atoms with Crippen molar-refractivity contribution in [2.24, 2.45) is 5.92 Å². The molecule has 0 aliphatic rings. The van der Waals surface area contributed by atoms with Crippen molar-refractivity contribution < 1.29 is 19.4 Å². The summed E-state index contributed by atoms with van der Waals surface area (Å²) in [6, 6.07) is 7.03. The Kier molecular flexibility index (Phi) is 8.18. The van der Waals surface area contributed by atoms with Crippen molar-refractivity contribution in [1.82, 2.24) is 4.90 Å². The number of benzene rings is 1. The van der Waals surface area contributed by atoms with Gasteiger partial charge in [0, 0.05) is 17.6 Å². The van der Waals surface area contributed by atoms with E-state index >= 15 is 0 Å². The normalized spacial score (nSPS) is 14.5. The minimum atomic E-state index is -0.526. The van der Waals surface area contributed by atoms with E-state index in [0.29, 0.717) is 18.5 Å². The SMILES string of the molecule is CCC(O)c1ccc(C(=O)N(CC(C=O)COC(C)(C)C)C(C)(C)C)cc1. The standard InChI is InChI=1S/C22H35NO4/c1-8-19(25)17-9-11-18(12-10-17)20(26)23(21(2,3)4)13-16(14-24)15-27-22(5,6)7/h9-12,14,16,19,25H,8,13,15H2,1-7H3. The Bertz CT molecular complexity index is 611. The Hall–Kier alpha value is -1.72. The first-order valence-electron chi connectivity index (χ1n) is 9.58. The maximum atomic E-state index is 13.1. The topological polar surface area (TPSA) is 66.8 Å². The maximum Gasteiger partial charge on any atom is 0.254 e. The first-order chi connectivity index (χ1) is 12.4. The average molecular weight is 378 g/mol. The molecule has 1 N–H and O–H groups in total. The highest BCUT2D eigenvalue weighted by Crippen LogP contribution is 2.22. The monoisotopic (exact) mass is 377 g/mol. The van der Waals surface area contributed by atoms with Gasteiger partial charge in [0.05, 0.1) is 24.2 Å². The highest BCUT2D eigenvalue weighted by atomic mass is 16.5. The van der Waals surface area contributed by atoms with Crippen LogP contribution < -0.4 is 0 Å². The summed E-state index contributed by atoms with van der Waals surface area (Å²) in [6.45, 7) is 14.1. The molecule has 0 aliphatic carbocycles. The van der Waals surface area contributed by atoms with E-state index in [1.54, 1.807) is 29.2 Å². The summed E-state index contributed by atoms with van der Waals surface area (Å²) in [5.41, 5.74) is 0.550. The number of aliphatic hydroxyl groups excluding tert-OH is 1. The lowest BCUT2D eigenvalue weighted by molar-refractivity contribution is -0.116. The van der Waals surface area contributed by atoms with Crippen LogP contribution in [-0.2, 0) is 9.53 Å². The number of hydrogen-bond acceptors (Lipinski definition) is 4. The number of aliphatic hydroxyl groups is 1. The predicted octanol–water partition coefficient (Wildman–Crippen LogP) is 4.00. The Morgan fingerprint density at radius 3 is 2.11 bits per heavy atom. The first-order valence-corrected chi connectivity index (χ1v) is 9.58. The molecule has 2 unspecified atom stereocenters. The summed E-state index contributed by atoms with van der Waals surface area (Å²) in [5.74, 6) is -0.531. The molecule has 1 amide bonds. The molecule has 0 saturated carbocycles. The molecule has 27 heavy (non-hydrogen) atoms. The van der Waals surface area contributed by atoms with E-state index in [4.69, 9.17) is 4.74 Å². The van der Waals surface area contributed by atoms with Crippen LogP contribution in [0.4, 0.5) is 0 Å². The Labute approximate surface area is 163 Å². The molecule has 0 fully saturated rings. The highest BCUT2D eigenvalue weighted by molar-refractivity contribution is 5.94. The molecule has 0 spiro atoms. The Morgan fingerprint density at radius 1 is 1.15 bits per heavy atom. The summed E-state index contributed by atoms with van der Waals surface area (Å²) in [7, 11) is 0. The van der Waals surface area contributed by atoms with E-state index in [2.05, 4.69) is 0 Å². The van der Waals surface area contributed by atoms with Gasteiger partial charge in [0.2, 0.25) is 0 Å². The minimum absolute atomic E-state index is 0.136. The van der Waals surface area contributed by atoms with Gasteiger partial charge in [-0.15, -0.1) is 0 Å². The van der Waals surface area contributed by atoms with E-state index < -0.39 is 17.6 Å². The van der Waals surface area contributed by atoms with Crippen LogP contribution >= 0.6 is 0 Å². The van der Waals surface area contributed by atoms with Crippen LogP contribution in [0.25, 0.3) is 0 Å². The van der Waals surface area contributed by atoms with Crippen molar-refractivity contribution in [2.75, 3.05) is 13.2 Å². The van der Waals surface area contributed by atoms with Gasteiger partial charge >= 0.3 is 0 Å². The fourth-order valence-corrected chi connectivity index (χ4v) is 2.63. The first kappa shape index (κ1) is 23.3. The molecule has 1 aromatic rings. The van der Waals surface area contributed by atoms with Gasteiger partial charge in [0.1, 0.15) is 6.29 Å². The number of ether oxygens (including phenoxy) is 1. The number of aldehydes is 1. The zero-order valence-corrected chi connectivity index (χ0v) is 17.8. The smallest absolute Gasteiger partial charge is 0.254 e. The Balaban J connectivity index is 2.99. The summed E-state index contributed by atoms with van der Waals surface area (Å²) < 4.78 is 5.74. The molecule has 2 atom stereocenters. The van der Waals surface area contributed by atoms with Crippen LogP contribution in [0.5, 0.6) is 0 Å². The van der Waals surface area contributed by atoms with Crippen LogP contribution in [0.2, 0.25) is 0 Å². The van der Waals surface area contributed by atoms with Crippen molar-refractivity contribution in [2.45, 2.75) is 72.1 Å². The lowest BCUT2D eigenvalue weighted by Crippen LogP contribution is -2.49. The zero-order chi connectivity index (χ0) is 20.8. The van der Waals surface area contributed by atoms with Crippen LogP contribution in [-0.4, -0.2) is 46.5 Å². The fourth-order valence-electron chi connectivity index (χ4n) is 2.63. The van der Waals surface area contributed by atoms with Gasteiger partial charge in [-0.05, 0) is 65.7 Å². The second-order valence-corrected chi connectivity index (χ2v) is 8.95. The van der Waals surface area contributed by atoms with Crippen LogP contribution in [0.1, 0.15) is 76.9 Å². The molecule has 0 bridgehead atoms. The van der Waals surface area contributed by atoms with Gasteiger partial charge in [-0.3, -0.25) is 4.79 Å². The number of carbonyl (C=O) groups excluding carboxylic acids is 2. The summed E-state index contributed by atoms with van der Waals surface area (Å²) in [5, 5.41) is 9.92. The number of carbonyl (C=O) groups is 2. The summed E-state index contributed by atoms with van der Waals surface area (Å²) >= 11 is 0. The maximum absolute atomic E-state index is 13.1. The van der Waals surface area contributed by atoms with Crippen molar-refractivity contribution >= 4 is 12.2 Å². The van der Waals surface area contributed by atoms with Gasteiger partial charge < -0.3 is 19.5 Å². The molecule has 152 valence electrons. The molecule has 1 aromatic carbocycles. The summed E-state index contributed by atoms with van der Waals surface area (Å²) in [6.07, 6.45) is 0.955. The third-order valence-electron chi connectivity index (χ3n) is 4.32. The number of hydrogen-bond donors (Lipinski definition) is 1. The van der Waals surface area contributed by atoms with Crippen molar-refractivity contribution in [1.29, 1.82) is 0 Å². The molecule has 0 aromatic heterocycles. The molecule has 5 nitrogen and oxygen atoms in total. The van der Waals surface area contributed by atoms with Crippen LogP contribution in [0.15, 0.2) is 24.3 Å².